The first-order valence-electron chi connectivity index (χ1n) is 6.51. The molecule has 0 spiro atoms. The Kier molecular flexibility index (Phi) is 4.03. The molecule has 0 saturated heterocycles. The van der Waals surface area contributed by atoms with Gasteiger partial charge in [-0.1, -0.05) is 12.1 Å². The van der Waals surface area contributed by atoms with Gasteiger partial charge in [-0.25, -0.2) is 0 Å². The molecule has 20 heavy (non-hydrogen) atoms. The maximum atomic E-state index is 12.0. The van der Waals surface area contributed by atoms with Crippen LogP contribution in [0, 0.1) is 13.8 Å². The molecule has 2 aromatic rings. The maximum absolute atomic E-state index is 12.0. The van der Waals surface area contributed by atoms with Gasteiger partial charge in [0.15, 0.2) is 5.78 Å². The highest BCUT2D eigenvalue weighted by Gasteiger charge is 2.08. The van der Waals surface area contributed by atoms with Gasteiger partial charge in [-0.05, 0) is 45.0 Å². The van der Waals surface area contributed by atoms with E-state index < -0.39 is 0 Å². The zero-order valence-corrected chi connectivity index (χ0v) is 11.9. The quantitative estimate of drug-likeness (QED) is 0.868. The Balaban J connectivity index is 2.09. The number of aromatic nitrogens is 1. The van der Waals surface area contributed by atoms with E-state index in [9.17, 15) is 9.59 Å². The zero-order chi connectivity index (χ0) is 14.7. The number of aryl methyl sites for hydroxylation is 2. The molecule has 1 heterocycles. The lowest BCUT2D eigenvalue weighted by molar-refractivity contribution is -0.116. The highest BCUT2D eigenvalue weighted by Crippen LogP contribution is 2.12. The minimum absolute atomic E-state index is 0.0156. The number of benzene rings is 1. The fourth-order valence-corrected chi connectivity index (χ4v) is 2.11. The Morgan fingerprint density at radius 1 is 1.10 bits per heavy atom. The molecule has 1 amide bonds. The van der Waals surface area contributed by atoms with Crippen molar-refractivity contribution >= 4 is 17.4 Å². The average molecular weight is 270 g/mol. The van der Waals surface area contributed by atoms with Gasteiger partial charge in [0.2, 0.25) is 5.91 Å². The van der Waals surface area contributed by atoms with Crippen LogP contribution in [0.5, 0.6) is 0 Å². The molecule has 0 aliphatic carbocycles. The van der Waals surface area contributed by atoms with Gasteiger partial charge in [-0.2, -0.15) is 0 Å². The minimum Gasteiger partial charge on any atom is -0.340 e. The monoisotopic (exact) mass is 270 g/mol. The Morgan fingerprint density at radius 3 is 2.35 bits per heavy atom. The first-order valence-corrected chi connectivity index (χ1v) is 6.51. The second kappa shape index (κ2) is 5.74. The second-order valence-corrected chi connectivity index (χ2v) is 4.89. The average Bonchev–Trinajstić information content (AvgIpc) is 2.71. The number of nitrogens with zero attached hydrogens (tertiary/aromatic N) is 1. The van der Waals surface area contributed by atoms with Crippen LogP contribution >= 0.6 is 0 Å². The van der Waals surface area contributed by atoms with Crippen molar-refractivity contribution in [2.75, 3.05) is 5.32 Å². The molecular weight excluding hydrogens is 252 g/mol. The summed E-state index contributed by atoms with van der Waals surface area (Å²) in [4.78, 5) is 23.4. The maximum Gasteiger partial charge on any atom is 0.244 e. The number of Topliss-reactive ketones (excluding diaryl/α,β-unsaturated/α-hetero) is 1. The van der Waals surface area contributed by atoms with Crippen LogP contribution in [0.4, 0.5) is 5.69 Å². The van der Waals surface area contributed by atoms with E-state index >= 15 is 0 Å². The highest BCUT2D eigenvalue weighted by molar-refractivity contribution is 5.97. The number of hydrogen-bond acceptors (Lipinski definition) is 2. The van der Waals surface area contributed by atoms with Crippen molar-refractivity contribution in [1.82, 2.24) is 4.57 Å². The molecule has 0 aliphatic heterocycles. The summed E-state index contributed by atoms with van der Waals surface area (Å²) in [5, 5.41) is 2.82. The Bertz CT molecular complexity index is 637. The van der Waals surface area contributed by atoms with E-state index in [-0.39, 0.29) is 18.2 Å². The number of anilines is 1. The number of rotatable bonds is 4. The Labute approximate surface area is 118 Å². The molecule has 0 saturated carbocycles. The summed E-state index contributed by atoms with van der Waals surface area (Å²) >= 11 is 0. The molecule has 0 bridgehead atoms. The van der Waals surface area contributed by atoms with Crippen LogP contribution in [-0.4, -0.2) is 16.3 Å². The highest BCUT2D eigenvalue weighted by atomic mass is 16.2. The number of carbonyl (C=O) groups excluding carboxylic acids is 2. The summed E-state index contributed by atoms with van der Waals surface area (Å²) in [7, 11) is 0. The molecule has 0 atom stereocenters. The van der Waals surface area contributed by atoms with Crippen LogP contribution in [0.3, 0.4) is 0 Å². The van der Waals surface area contributed by atoms with E-state index in [2.05, 4.69) is 5.32 Å². The summed E-state index contributed by atoms with van der Waals surface area (Å²) in [6, 6.07) is 10.9. The number of hydrogen-bond donors (Lipinski definition) is 1. The third-order valence-corrected chi connectivity index (χ3v) is 3.27. The van der Waals surface area contributed by atoms with E-state index in [4.69, 9.17) is 0 Å². The zero-order valence-electron chi connectivity index (χ0n) is 11.9. The lowest BCUT2D eigenvalue weighted by atomic mass is 10.1. The second-order valence-electron chi connectivity index (χ2n) is 4.89. The first-order chi connectivity index (χ1) is 9.47. The van der Waals surface area contributed by atoms with E-state index in [0.717, 1.165) is 11.4 Å². The van der Waals surface area contributed by atoms with Crippen LogP contribution in [0.2, 0.25) is 0 Å². The van der Waals surface area contributed by atoms with Gasteiger partial charge in [0.05, 0.1) is 0 Å². The molecule has 1 N–H and O–H groups in total. The van der Waals surface area contributed by atoms with E-state index in [0.29, 0.717) is 11.3 Å². The van der Waals surface area contributed by atoms with Gasteiger partial charge in [0.1, 0.15) is 6.54 Å². The molecular formula is C16H18N2O2. The van der Waals surface area contributed by atoms with Crippen molar-refractivity contribution < 1.29 is 9.59 Å². The van der Waals surface area contributed by atoms with E-state index in [1.54, 1.807) is 24.3 Å². The lowest BCUT2D eigenvalue weighted by Crippen LogP contribution is -2.20. The van der Waals surface area contributed by atoms with Crippen molar-refractivity contribution in [2.24, 2.45) is 0 Å². The molecule has 0 unspecified atom stereocenters. The fraction of sp³-hybridized carbons (Fsp3) is 0.250. The minimum atomic E-state index is -0.104. The third-order valence-electron chi connectivity index (χ3n) is 3.27. The van der Waals surface area contributed by atoms with Crippen molar-refractivity contribution in [3.8, 4) is 0 Å². The molecule has 0 radical (unpaired) electrons. The van der Waals surface area contributed by atoms with Crippen LogP contribution < -0.4 is 5.32 Å². The van der Waals surface area contributed by atoms with Crippen LogP contribution in [0.1, 0.15) is 28.7 Å². The van der Waals surface area contributed by atoms with Crippen molar-refractivity contribution in [1.29, 1.82) is 0 Å². The predicted octanol–water partition coefficient (Wildman–Crippen LogP) is 2.95. The van der Waals surface area contributed by atoms with Crippen molar-refractivity contribution in [2.45, 2.75) is 27.3 Å². The molecule has 2 rings (SSSR count). The molecule has 1 aromatic heterocycles. The third kappa shape index (κ3) is 3.15. The van der Waals surface area contributed by atoms with Gasteiger partial charge in [-0.15, -0.1) is 0 Å². The summed E-state index contributed by atoms with van der Waals surface area (Å²) < 4.78 is 1.95. The first kappa shape index (κ1) is 14.1. The van der Waals surface area contributed by atoms with Crippen LogP contribution in [-0.2, 0) is 11.3 Å². The van der Waals surface area contributed by atoms with Crippen molar-refractivity contribution in [3.63, 3.8) is 0 Å². The lowest BCUT2D eigenvalue weighted by Gasteiger charge is -2.10. The summed E-state index contributed by atoms with van der Waals surface area (Å²) in [5.74, 6) is -0.119. The Hall–Kier alpha value is -2.36. The van der Waals surface area contributed by atoms with E-state index in [1.165, 1.54) is 6.92 Å². The number of amides is 1. The smallest absolute Gasteiger partial charge is 0.244 e. The van der Waals surface area contributed by atoms with Gasteiger partial charge in [-0.3, -0.25) is 9.59 Å². The van der Waals surface area contributed by atoms with Crippen LogP contribution in [0.15, 0.2) is 36.4 Å². The van der Waals surface area contributed by atoms with Gasteiger partial charge < -0.3 is 9.88 Å². The molecule has 104 valence electrons. The van der Waals surface area contributed by atoms with Crippen LogP contribution in [0.25, 0.3) is 0 Å². The van der Waals surface area contributed by atoms with Gasteiger partial charge >= 0.3 is 0 Å². The summed E-state index contributed by atoms with van der Waals surface area (Å²) in [6.07, 6.45) is 0. The number of carbonyl (C=O) groups is 2. The SMILES string of the molecule is CC(=O)c1cccc(NC(=O)Cn2c(C)ccc2C)c1. The number of ketones is 1. The largest absolute Gasteiger partial charge is 0.340 e. The molecule has 4 nitrogen and oxygen atoms in total. The topological polar surface area (TPSA) is 51.1 Å². The Morgan fingerprint density at radius 2 is 1.75 bits per heavy atom. The molecule has 0 aliphatic rings. The predicted molar refractivity (Wildman–Crippen MR) is 79.0 cm³/mol. The molecule has 1 aromatic carbocycles. The summed E-state index contributed by atoms with van der Waals surface area (Å²) in [6.45, 7) is 5.72. The number of nitrogens with one attached hydrogen (secondary N) is 1. The molecule has 0 fully saturated rings. The fourth-order valence-electron chi connectivity index (χ4n) is 2.11. The van der Waals surface area contributed by atoms with Gasteiger partial charge in [0, 0.05) is 22.6 Å². The summed E-state index contributed by atoms with van der Waals surface area (Å²) in [5.41, 5.74) is 3.34. The molecule has 4 heteroatoms. The standard InChI is InChI=1S/C16H18N2O2/c1-11-7-8-12(2)18(11)10-16(20)17-15-6-4-5-14(9-15)13(3)19/h4-9H,10H2,1-3H3,(H,17,20). The van der Waals surface area contributed by atoms with E-state index in [1.807, 2.05) is 30.5 Å². The van der Waals surface area contributed by atoms with Crippen molar-refractivity contribution in [3.05, 3.63) is 53.3 Å². The van der Waals surface area contributed by atoms with Gasteiger partial charge in [0.25, 0.3) is 0 Å². The normalized spacial score (nSPS) is 10.3.